The molecule has 0 spiro atoms. The highest BCUT2D eigenvalue weighted by Crippen LogP contribution is 2.43. The molecule has 1 aromatic rings. The van der Waals surface area contributed by atoms with Gasteiger partial charge in [0.25, 0.3) is 0 Å². The Morgan fingerprint density at radius 1 is 1.35 bits per heavy atom. The van der Waals surface area contributed by atoms with Crippen molar-refractivity contribution in [2.45, 2.75) is 45.1 Å². The van der Waals surface area contributed by atoms with Crippen molar-refractivity contribution < 1.29 is 29.7 Å². The lowest BCUT2D eigenvalue weighted by Crippen LogP contribution is -2.48. The molecule has 0 aliphatic carbocycles. The smallest absolute Gasteiger partial charge is 0.161 e. The Kier molecular flexibility index (Phi) is 2.26. The number of hydrogen-bond donors (Lipinski definition) is 1. The summed E-state index contributed by atoms with van der Waals surface area (Å²) in [6, 6.07) is -1.10. The summed E-state index contributed by atoms with van der Waals surface area (Å²) in [6.07, 6.45) is -10.6. The number of rotatable bonds is 4. The molecular formula is C19H29NO3. The fourth-order valence-corrected chi connectivity index (χ4v) is 2.60. The van der Waals surface area contributed by atoms with Crippen molar-refractivity contribution in [1.29, 1.82) is 0 Å². The zero-order chi connectivity index (χ0) is 26.5. The number of piperidine rings is 1. The fourth-order valence-electron chi connectivity index (χ4n) is 2.60. The number of fused-ring (bicyclic) bond motifs is 3. The van der Waals surface area contributed by atoms with Crippen molar-refractivity contribution in [2.24, 2.45) is 11.8 Å². The van der Waals surface area contributed by atoms with E-state index in [1.807, 2.05) is 0 Å². The average molecular weight is 331 g/mol. The highest BCUT2D eigenvalue weighted by Gasteiger charge is 2.38. The summed E-state index contributed by atoms with van der Waals surface area (Å²) >= 11 is 0. The number of hydrogen-bond acceptors (Lipinski definition) is 4. The maximum Gasteiger partial charge on any atom is 0.161 e. The van der Waals surface area contributed by atoms with Crippen LogP contribution in [-0.4, -0.2) is 43.3 Å². The normalized spacial score (nSPS) is 52.9. The van der Waals surface area contributed by atoms with Gasteiger partial charge < -0.3 is 14.6 Å². The Bertz CT molecular complexity index is 1000. The van der Waals surface area contributed by atoms with Gasteiger partial charge in [-0.2, -0.15) is 0 Å². The molecule has 1 saturated heterocycles. The van der Waals surface area contributed by atoms with Crippen LogP contribution in [0.3, 0.4) is 0 Å². The van der Waals surface area contributed by atoms with Crippen molar-refractivity contribution in [3.63, 3.8) is 0 Å². The van der Waals surface area contributed by atoms with Gasteiger partial charge in [0.15, 0.2) is 11.5 Å². The number of methoxy groups -OCH3 is 2. The Morgan fingerprint density at radius 3 is 2.70 bits per heavy atom. The predicted molar refractivity (Wildman–Crippen MR) is 91.1 cm³/mol. The number of benzene rings is 1. The minimum absolute atomic E-state index is 0.0341. The molecule has 0 saturated carbocycles. The molecule has 1 N–H and O–H groups in total. The van der Waals surface area contributed by atoms with Crippen LogP contribution >= 0.6 is 0 Å². The second-order valence-electron chi connectivity index (χ2n) is 5.84. The third-order valence-corrected chi connectivity index (χ3v) is 3.69. The van der Waals surface area contributed by atoms with E-state index in [2.05, 4.69) is 0 Å². The third-order valence-electron chi connectivity index (χ3n) is 3.69. The van der Waals surface area contributed by atoms with E-state index in [-0.39, 0.29) is 16.4 Å². The van der Waals surface area contributed by atoms with Crippen LogP contribution in [0, 0.1) is 11.8 Å². The quantitative estimate of drug-likeness (QED) is 0.921. The van der Waals surface area contributed by atoms with Crippen molar-refractivity contribution in [1.82, 2.24) is 4.90 Å². The van der Waals surface area contributed by atoms with Crippen LogP contribution in [0.4, 0.5) is 0 Å². The largest absolute Gasteiger partial charge is 0.493 e. The van der Waals surface area contributed by atoms with Gasteiger partial charge in [-0.25, -0.2) is 0 Å². The lowest BCUT2D eigenvalue weighted by molar-refractivity contribution is -0.0191. The summed E-state index contributed by atoms with van der Waals surface area (Å²) in [7, 11) is 2.49. The van der Waals surface area contributed by atoms with Gasteiger partial charge in [-0.3, -0.25) is 4.90 Å². The molecule has 0 bridgehead atoms. The first kappa shape index (κ1) is 7.75. The van der Waals surface area contributed by atoms with E-state index in [0.717, 1.165) is 12.1 Å². The van der Waals surface area contributed by atoms with Crippen molar-refractivity contribution in [2.75, 3.05) is 27.2 Å². The first-order chi connectivity index (χ1) is 15.1. The fraction of sp³-hybridized carbons (Fsp3) is 0.684. The molecule has 3 rings (SSSR count). The van der Waals surface area contributed by atoms with E-state index in [9.17, 15) is 6.48 Å². The molecule has 3 atom stereocenters. The molecule has 2 aliphatic rings. The molecule has 0 radical (unpaired) electrons. The van der Waals surface area contributed by atoms with E-state index >= 15 is 0 Å². The molecule has 0 amide bonds. The molecule has 1 fully saturated rings. The van der Waals surface area contributed by atoms with Gasteiger partial charge in [-0.15, -0.1) is 0 Å². The minimum atomic E-state index is -3.55. The van der Waals surface area contributed by atoms with Crippen molar-refractivity contribution in [3.05, 3.63) is 23.3 Å². The highest BCUT2D eigenvalue weighted by molar-refractivity contribution is 5.49. The lowest BCUT2D eigenvalue weighted by atomic mass is 9.79. The van der Waals surface area contributed by atoms with Crippen LogP contribution in [0.2, 0.25) is 0 Å². The topological polar surface area (TPSA) is 41.9 Å². The Balaban J connectivity index is 2.56. The standard InChI is InChI=1S/C19H29NO3/c1-12(2)7-14-11-20-6-5-13-8-18(22-3)19(23-4)9-15(13)16(20)10-17(14)21/h8-9,12,14,16-17,21H,5-7,10-11H2,1-4H3/i5D2,6D2,10D2,11D2,14D,16D,17D. The van der Waals surface area contributed by atoms with Gasteiger partial charge in [0.1, 0.15) is 0 Å². The summed E-state index contributed by atoms with van der Waals surface area (Å²) in [5.74, 6) is -3.63. The van der Waals surface area contributed by atoms with Gasteiger partial charge in [0.2, 0.25) is 0 Å². The number of nitrogens with zero attached hydrogens (tertiary/aromatic N) is 1. The number of aliphatic hydroxyl groups is 1. The van der Waals surface area contributed by atoms with Gasteiger partial charge in [0, 0.05) is 31.3 Å². The maximum atomic E-state index is 11.2. The predicted octanol–water partition coefficient (Wildman–Crippen LogP) is 3.03. The lowest BCUT2D eigenvalue weighted by Gasteiger charge is -2.46. The SMILES string of the molecule is [2H]C1([2H])c2cc(OC)c(OC)cc2C2([2H])N(C1([2H])[2H])C([2H])([2H])C([2H])(CC(C)C)C([2H])(O)C2([2H])[2H]. The van der Waals surface area contributed by atoms with Crippen LogP contribution in [0.25, 0.3) is 0 Å². The summed E-state index contributed by atoms with van der Waals surface area (Å²) < 4.78 is 107. The first-order valence-corrected chi connectivity index (χ1v) is 7.44. The van der Waals surface area contributed by atoms with E-state index in [1.165, 1.54) is 14.2 Å². The summed E-state index contributed by atoms with van der Waals surface area (Å²) in [5.41, 5.74) is -1.06. The minimum Gasteiger partial charge on any atom is -0.493 e. The second-order valence-corrected chi connectivity index (χ2v) is 5.84. The Labute approximate surface area is 154 Å². The summed E-state index contributed by atoms with van der Waals surface area (Å²) in [6.45, 7) is -3.63. The summed E-state index contributed by atoms with van der Waals surface area (Å²) in [5, 5.41) is 11.2. The zero-order valence-electron chi connectivity index (χ0n) is 24.7. The van der Waals surface area contributed by atoms with E-state index in [1.54, 1.807) is 13.8 Å². The molecule has 4 heteroatoms. The Morgan fingerprint density at radius 2 is 2.04 bits per heavy atom. The monoisotopic (exact) mass is 330 g/mol. The molecule has 2 heterocycles. The molecule has 23 heavy (non-hydrogen) atoms. The second kappa shape index (κ2) is 6.70. The van der Waals surface area contributed by atoms with Gasteiger partial charge >= 0.3 is 0 Å². The summed E-state index contributed by atoms with van der Waals surface area (Å²) in [4.78, 5) is 0.0413. The molecule has 1 aromatic carbocycles. The molecular weight excluding hydrogens is 290 g/mol. The molecule has 4 nitrogen and oxygen atoms in total. The van der Waals surface area contributed by atoms with Gasteiger partial charge in [-0.05, 0) is 54.2 Å². The van der Waals surface area contributed by atoms with Crippen LogP contribution in [0.5, 0.6) is 11.5 Å². The van der Waals surface area contributed by atoms with Gasteiger partial charge in [0.05, 0.1) is 23.0 Å². The highest BCUT2D eigenvalue weighted by atomic mass is 16.5. The zero-order valence-corrected chi connectivity index (χ0v) is 13.7. The first-order valence-electron chi connectivity index (χ1n) is 12.9. The van der Waals surface area contributed by atoms with Crippen molar-refractivity contribution in [3.8, 4) is 11.5 Å². The van der Waals surface area contributed by atoms with Gasteiger partial charge in [-0.1, -0.05) is 13.8 Å². The van der Waals surface area contributed by atoms with Crippen LogP contribution in [-0.2, 0) is 6.37 Å². The van der Waals surface area contributed by atoms with E-state index in [4.69, 9.17) is 23.2 Å². The van der Waals surface area contributed by atoms with E-state index < -0.39 is 67.2 Å². The van der Waals surface area contributed by atoms with Crippen LogP contribution < -0.4 is 9.47 Å². The Hall–Kier alpha value is -1.26. The van der Waals surface area contributed by atoms with Crippen molar-refractivity contribution >= 4 is 0 Å². The molecule has 3 unspecified atom stereocenters. The van der Waals surface area contributed by atoms with Crippen LogP contribution in [0.1, 0.15) is 58.9 Å². The van der Waals surface area contributed by atoms with Crippen LogP contribution in [0.15, 0.2) is 12.1 Å². The number of aryl methyl sites for hydroxylation is 1. The third kappa shape index (κ3) is 3.20. The number of ether oxygens (including phenoxy) is 2. The molecule has 128 valence electrons. The molecule has 2 aliphatic heterocycles. The maximum absolute atomic E-state index is 11.2. The molecule has 0 aromatic heterocycles. The average Bonchev–Trinajstić information content (AvgIpc) is 2.69. The van der Waals surface area contributed by atoms with E-state index in [0.29, 0.717) is 0 Å².